The zero-order valence-corrected chi connectivity index (χ0v) is 16.9. The third-order valence-corrected chi connectivity index (χ3v) is 5.02. The molecule has 0 aliphatic rings. The predicted octanol–water partition coefficient (Wildman–Crippen LogP) is 5.40. The Morgan fingerprint density at radius 3 is 2.13 bits per heavy atom. The minimum Gasteiger partial charge on any atom is -0.508 e. The first-order chi connectivity index (χ1) is 15.0. The number of carbonyl (C=O) groups is 2. The van der Waals surface area contributed by atoms with E-state index in [0.717, 1.165) is 21.9 Å². The molecule has 0 aliphatic heterocycles. The second kappa shape index (κ2) is 8.71. The maximum Gasteiger partial charge on any atom is 0.338 e. The third-order valence-electron chi connectivity index (χ3n) is 5.02. The summed E-state index contributed by atoms with van der Waals surface area (Å²) in [6.07, 6.45) is -0.955. The number of anilines is 1. The highest BCUT2D eigenvalue weighted by atomic mass is 16.5. The first-order valence-corrected chi connectivity index (χ1v) is 9.90. The lowest BCUT2D eigenvalue weighted by atomic mass is 10.0. The number of phenols is 1. The van der Waals surface area contributed by atoms with E-state index in [4.69, 9.17) is 4.74 Å². The molecule has 0 spiro atoms. The number of fused-ring (bicyclic) bond motifs is 1. The summed E-state index contributed by atoms with van der Waals surface area (Å²) in [5, 5.41) is 14.2. The molecule has 31 heavy (non-hydrogen) atoms. The molecular weight excluding hydrogens is 390 g/mol. The molecule has 1 atom stereocenters. The third kappa shape index (κ3) is 4.56. The van der Waals surface area contributed by atoms with Crippen LogP contribution in [-0.4, -0.2) is 23.1 Å². The summed E-state index contributed by atoms with van der Waals surface area (Å²) in [5.41, 5.74) is 2.84. The quantitative estimate of drug-likeness (QED) is 0.431. The standard InChI is InChI=1S/C26H21NO4/c1-17(25(29)27-24-8-4-6-20-5-2-3-7-23(20)24)31-26(30)21-11-9-18(10-12-21)19-13-15-22(28)16-14-19/h2-17,28H,1H3,(H,27,29)/t17-/m0/s1. The van der Waals surface area contributed by atoms with Crippen molar-refractivity contribution in [3.05, 3.63) is 96.6 Å². The number of benzene rings is 4. The van der Waals surface area contributed by atoms with Crippen molar-refractivity contribution in [3.63, 3.8) is 0 Å². The van der Waals surface area contributed by atoms with Crippen molar-refractivity contribution < 1.29 is 19.4 Å². The molecule has 154 valence electrons. The molecule has 4 aromatic rings. The summed E-state index contributed by atoms with van der Waals surface area (Å²) in [6, 6.07) is 27.1. The number of carbonyl (C=O) groups excluding carboxylic acids is 2. The van der Waals surface area contributed by atoms with Gasteiger partial charge in [-0.2, -0.15) is 0 Å². The van der Waals surface area contributed by atoms with Crippen LogP contribution in [0.25, 0.3) is 21.9 Å². The van der Waals surface area contributed by atoms with Crippen molar-refractivity contribution in [1.82, 2.24) is 0 Å². The summed E-state index contributed by atoms with van der Waals surface area (Å²) in [4.78, 5) is 25.1. The number of nitrogens with one attached hydrogen (secondary N) is 1. The molecular formula is C26H21NO4. The van der Waals surface area contributed by atoms with Gasteiger partial charge in [0, 0.05) is 11.1 Å². The highest BCUT2D eigenvalue weighted by molar-refractivity contribution is 6.04. The summed E-state index contributed by atoms with van der Waals surface area (Å²) < 4.78 is 5.36. The van der Waals surface area contributed by atoms with E-state index in [2.05, 4.69) is 5.32 Å². The second-order valence-corrected chi connectivity index (χ2v) is 7.19. The van der Waals surface area contributed by atoms with Crippen LogP contribution in [0, 0.1) is 0 Å². The number of aromatic hydroxyl groups is 1. The number of hydrogen-bond donors (Lipinski definition) is 2. The van der Waals surface area contributed by atoms with E-state index in [1.54, 1.807) is 55.5 Å². The summed E-state index contributed by atoms with van der Waals surface area (Å²) >= 11 is 0. The molecule has 0 aliphatic carbocycles. The molecule has 0 fully saturated rings. The van der Waals surface area contributed by atoms with E-state index >= 15 is 0 Å². The Morgan fingerprint density at radius 1 is 0.806 bits per heavy atom. The number of phenolic OH excluding ortho intramolecular Hbond substituents is 1. The largest absolute Gasteiger partial charge is 0.508 e. The topological polar surface area (TPSA) is 75.6 Å². The van der Waals surface area contributed by atoms with E-state index in [-0.39, 0.29) is 5.75 Å². The molecule has 0 aromatic heterocycles. The maximum absolute atomic E-state index is 12.6. The number of hydrogen-bond acceptors (Lipinski definition) is 4. The van der Waals surface area contributed by atoms with Gasteiger partial charge in [0.1, 0.15) is 5.75 Å². The molecule has 0 saturated carbocycles. The van der Waals surface area contributed by atoms with Crippen LogP contribution >= 0.6 is 0 Å². The van der Waals surface area contributed by atoms with Gasteiger partial charge in [-0.25, -0.2) is 4.79 Å². The van der Waals surface area contributed by atoms with Gasteiger partial charge in [0.05, 0.1) is 5.56 Å². The lowest BCUT2D eigenvalue weighted by Gasteiger charge is -2.15. The van der Waals surface area contributed by atoms with Crippen LogP contribution < -0.4 is 5.32 Å². The van der Waals surface area contributed by atoms with Crippen LogP contribution in [0.15, 0.2) is 91.0 Å². The van der Waals surface area contributed by atoms with E-state index in [1.165, 1.54) is 0 Å². The first-order valence-electron chi connectivity index (χ1n) is 9.90. The molecule has 0 bridgehead atoms. The smallest absolute Gasteiger partial charge is 0.338 e. The van der Waals surface area contributed by atoms with Gasteiger partial charge in [-0.05, 0) is 53.8 Å². The Bertz CT molecular complexity index is 1230. The number of esters is 1. The van der Waals surface area contributed by atoms with Crippen LogP contribution in [0.5, 0.6) is 5.75 Å². The summed E-state index contributed by atoms with van der Waals surface area (Å²) in [7, 11) is 0. The monoisotopic (exact) mass is 411 g/mol. The highest BCUT2D eigenvalue weighted by Crippen LogP contribution is 2.24. The van der Waals surface area contributed by atoms with Gasteiger partial charge >= 0.3 is 5.97 Å². The molecule has 1 amide bonds. The number of rotatable bonds is 5. The molecule has 0 radical (unpaired) electrons. The Labute approximate surface area is 179 Å². The lowest BCUT2D eigenvalue weighted by Crippen LogP contribution is -2.30. The fourth-order valence-electron chi connectivity index (χ4n) is 3.30. The van der Waals surface area contributed by atoms with Crippen molar-refractivity contribution in [2.45, 2.75) is 13.0 Å². The molecule has 5 heteroatoms. The minimum atomic E-state index is -0.955. The number of ether oxygens (including phenoxy) is 1. The predicted molar refractivity (Wildman–Crippen MR) is 121 cm³/mol. The molecule has 4 aromatic carbocycles. The average Bonchev–Trinajstić information content (AvgIpc) is 2.80. The Kier molecular flexibility index (Phi) is 5.67. The SMILES string of the molecule is C[C@H](OC(=O)c1ccc(-c2ccc(O)cc2)cc1)C(=O)Nc1cccc2ccccc12. The molecule has 2 N–H and O–H groups in total. The molecule has 0 heterocycles. The minimum absolute atomic E-state index is 0.194. The van der Waals surface area contributed by atoms with Crippen molar-refractivity contribution >= 4 is 28.3 Å². The van der Waals surface area contributed by atoms with Gasteiger partial charge in [-0.15, -0.1) is 0 Å². The fourth-order valence-corrected chi connectivity index (χ4v) is 3.30. The van der Waals surface area contributed by atoms with Crippen LogP contribution in [-0.2, 0) is 9.53 Å². The van der Waals surface area contributed by atoms with Gasteiger partial charge in [0.2, 0.25) is 0 Å². The Morgan fingerprint density at radius 2 is 1.42 bits per heavy atom. The molecule has 0 unspecified atom stereocenters. The van der Waals surface area contributed by atoms with E-state index in [1.807, 2.05) is 42.5 Å². The van der Waals surface area contributed by atoms with E-state index in [0.29, 0.717) is 11.3 Å². The van der Waals surface area contributed by atoms with Crippen LogP contribution in [0.4, 0.5) is 5.69 Å². The summed E-state index contributed by atoms with van der Waals surface area (Å²) in [6.45, 7) is 1.54. The highest BCUT2D eigenvalue weighted by Gasteiger charge is 2.19. The molecule has 0 saturated heterocycles. The van der Waals surface area contributed by atoms with Gasteiger partial charge in [0.15, 0.2) is 6.10 Å². The molecule has 4 rings (SSSR count). The zero-order chi connectivity index (χ0) is 21.8. The maximum atomic E-state index is 12.6. The van der Waals surface area contributed by atoms with Gasteiger partial charge < -0.3 is 15.2 Å². The van der Waals surface area contributed by atoms with Crippen molar-refractivity contribution in [1.29, 1.82) is 0 Å². The Hall–Kier alpha value is -4.12. The van der Waals surface area contributed by atoms with Gasteiger partial charge in [-0.1, -0.05) is 60.7 Å². The van der Waals surface area contributed by atoms with Crippen molar-refractivity contribution in [2.24, 2.45) is 0 Å². The van der Waals surface area contributed by atoms with E-state index in [9.17, 15) is 14.7 Å². The van der Waals surface area contributed by atoms with Gasteiger partial charge in [0.25, 0.3) is 5.91 Å². The zero-order valence-electron chi connectivity index (χ0n) is 16.9. The lowest BCUT2D eigenvalue weighted by molar-refractivity contribution is -0.123. The van der Waals surface area contributed by atoms with Crippen LogP contribution in [0.2, 0.25) is 0 Å². The van der Waals surface area contributed by atoms with Crippen LogP contribution in [0.1, 0.15) is 17.3 Å². The normalized spacial score (nSPS) is 11.6. The fraction of sp³-hybridized carbons (Fsp3) is 0.0769. The Balaban J connectivity index is 1.41. The summed E-state index contributed by atoms with van der Waals surface area (Å²) in [5.74, 6) is -0.775. The van der Waals surface area contributed by atoms with Crippen molar-refractivity contribution in [3.8, 4) is 16.9 Å². The first kappa shape index (κ1) is 20.2. The van der Waals surface area contributed by atoms with Crippen LogP contribution in [0.3, 0.4) is 0 Å². The van der Waals surface area contributed by atoms with Gasteiger partial charge in [-0.3, -0.25) is 4.79 Å². The number of amides is 1. The molecule has 5 nitrogen and oxygen atoms in total. The van der Waals surface area contributed by atoms with E-state index < -0.39 is 18.0 Å². The second-order valence-electron chi connectivity index (χ2n) is 7.19. The van der Waals surface area contributed by atoms with Crippen molar-refractivity contribution in [2.75, 3.05) is 5.32 Å². The average molecular weight is 411 g/mol.